The van der Waals surface area contributed by atoms with Crippen LogP contribution in [-0.2, 0) is 0 Å². The Morgan fingerprint density at radius 2 is 2.56 bits per heavy atom. The highest BCUT2D eigenvalue weighted by Crippen LogP contribution is 2.07. The number of hydrogen-bond donors (Lipinski definition) is 2. The van der Waals surface area contributed by atoms with E-state index in [1.54, 1.807) is 0 Å². The molecule has 3 heteroatoms. The van der Waals surface area contributed by atoms with Crippen LogP contribution >= 0.6 is 0 Å². The molecule has 0 saturated carbocycles. The smallest absolute Gasteiger partial charge is 0.0844 e. The van der Waals surface area contributed by atoms with Crippen molar-refractivity contribution in [2.45, 2.75) is 0 Å². The fourth-order valence-electron chi connectivity index (χ4n) is 1.03. The monoisotopic (exact) mass is 136 g/mol. The van der Waals surface area contributed by atoms with Gasteiger partial charge in [0.05, 0.1) is 6.67 Å². The van der Waals surface area contributed by atoms with E-state index in [2.05, 4.69) is 28.6 Å². The van der Waals surface area contributed by atoms with Crippen LogP contribution in [0.1, 0.15) is 0 Å². The number of fused-ring (bicyclic) bond motifs is 1. The molecule has 2 heterocycles. The Morgan fingerprint density at radius 3 is 3.44 bits per heavy atom. The molecule has 0 amide bonds. The van der Waals surface area contributed by atoms with E-state index in [-0.39, 0.29) is 0 Å². The maximum atomic E-state index is 3.25. The second-order valence-electron chi connectivity index (χ2n) is 2.10. The molecule has 0 saturated heterocycles. The molecule has 0 aromatic carbocycles. The van der Waals surface area contributed by atoms with Crippen molar-refractivity contribution >= 4 is 14.8 Å². The summed E-state index contributed by atoms with van der Waals surface area (Å²) in [6.07, 6.45) is 4.28. The summed E-state index contributed by atoms with van der Waals surface area (Å²) in [4.78, 5) is 0. The lowest BCUT2D eigenvalue weighted by Gasteiger charge is -2.15. The van der Waals surface area contributed by atoms with Gasteiger partial charge in [0.2, 0.25) is 0 Å². The van der Waals surface area contributed by atoms with Crippen LogP contribution in [-0.4, -0.2) is 21.5 Å². The van der Waals surface area contributed by atoms with Crippen LogP contribution in [0.5, 0.6) is 0 Å². The lowest BCUT2D eigenvalue weighted by molar-refractivity contribution is 0.720. The summed E-state index contributed by atoms with van der Waals surface area (Å²) in [5.74, 6) is 0. The summed E-state index contributed by atoms with van der Waals surface area (Å²) in [5, 5.41) is 7.85. The molecule has 0 fully saturated rings. The predicted molar refractivity (Wildman–Crippen MR) is 40.5 cm³/mol. The third-order valence-corrected chi connectivity index (χ3v) is 2.71. The van der Waals surface area contributed by atoms with Gasteiger partial charge < -0.3 is 10.6 Å². The molecule has 0 atom stereocenters. The zero-order valence-electron chi connectivity index (χ0n) is 5.02. The van der Waals surface area contributed by atoms with Crippen molar-refractivity contribution in [2.75, 3.05) is 6.67 Å². The first-order valence-corrected chi connectivity index (χ1v) is 4.27. The minimum atomic E-state index is 0.413. The Hall–Kier alpha value is -0.833. The molecule has 0 radical (unpaired) electrons. The number of nitrogens with one attached hydrogen (secondary N) is 2. The minimum absolute atomic E-state index is 0.413. The fraction of sp³-hybridized carbons (Fsp3) is 0.167. The van der Waals surface area contributed by atoms with E-state index in [1.165, 1.54) is 10.9 Å². The van der Waals surface area contributed by atoms with E-state index >= 15 is 0 Å². The molecule has 0 aliphatic carbocycles. The third-order valence-electron chi connectivity index (χ3n) is 1.49. The molecule has 46 valence electrons. The molecule has 2 aliphatic rings. The Kier molecular flexibility index (Phi) is 1.02. The van der Waals surface area contributed by atoms with Gasteiger partial charge in [-0.25, -0.2) is 0 Å². The lowest BCUT2D eigenvalue weighted by atomic mass is 10.3. The molecule has 2 aliphatic heterocycles. The Bertz CT molecular complexity index is 215. The van der Waals surface area contributed by atoms with Crippen molar-refractivity contribution in [3.63, 3.8) is 0 Å². The second-order valence-corrected chi connectivity index (χ2v) is 3.44. The summed E-state index contributed by atoms with van der Waals surface area (Å²) in [7, 11) is 0.413. The fourth-order valence-corrected chi connectivity index (χ4v) is 2.12. The van der Waals surface area contributed by atoms with Gasteiger partial charge in [0.1, 0.15) is 0 Å². The molecule has 0 aromatic rings. The predicted octanol–water partition coefficient (Wildman–Crippen LogP) is -0.886. The van der Waals surface area contributed by atoms with Gasteiger partial charge in [-0.15, -0.1) is 0 Å². The van der Waals surface area contributed by atoms with Crippen LogP contribution in [0.4, 0.5) is 0 Å². The molecule has 0 aromatic heterocycles. The standard InChI is InChI=1S/C6H8N2Si/c1-2-9-6-3-7-4-8-5(1)6/h1-3,7-9H,4H2. The maximum Gasteiger partial charge on any atom is 0.0844 e. The first-order valence-electron chi connectivity index (χ1n) is 3.03. The number of allylic oxidation sites excluding steroid dienone is 2. The second kappa shape index (κ2) is 1.84. The van der Waals surface area contributed by atoms with Crippen LogP contribution in [0, 0.1) is 0 Å². The topological polar surface area (TPSA) is 24.1 Å². The van der Waals surface area contributed by atoms with E-state index in [9.17, 15) is 0 Å². The van der Waals surface area contributed by atoms with Gasteiger partial charge in [0, 0.05) is 21.0 Å². The summed E-state index contributed by atoms with van der Waals surface area (Å²) in [6, 6.07) is 0. The van der Waals surface area contributed by atoms with Gasteiger partial charge in [-0.2, -0.15) is 0 Å². The van der Waals surface area contributed by atoms with Gasteiger partial charge in [-0.3, -0.25) is 0 Å². The van der Waals surface area contributed by atoms with Crippen LogP contribution in [0.3, 0.4) is 0 Å². The summed E-state index contributed by atoms with van der Waals surface area (Å²) in [6.45, 7) is 0.878. The van der Waals surface area contributed by atoms with Gasteiger partial charge >= 0.3 is 0 Å². The van der Waals surface area contributed by atoms with Crippen molar-refractivity contribution in [1.29, 1.82) is 0 Å². The van der Waals surface area contributed by atoms with Crippen LogP contribution in [0.25, 0.3) is 0 Å². The first-order chi connectivity index (χ1) is 4.47. The van der Waals surface area contributed by atoms with Gasteiger partial charge in [0.15, 0.2) is 0 Å². The SMILES string of the molecule is C1=[SiH]C2=CNCNC2=C1. The number of hydrogen-bond acceptors (Lipinski definition) is 2. The Labute approximate surface area is 56.1 Å². The van der Waals surface area contributed by atoms with Crippen LogP contribution < -0.4 is 10.6 Å². The van der Waals surface area contributed by atoms with Gasteiger partial charge in [-0.05, 0) is 11.3 Å². The van der Waals surface area contributed by atoms with E-state index < -0.39 is 0 Å². The quantitative estimate of drug-likeness (QED) is 0.422. The maximum absolute atomic E-state index is 3.25. The van der Waals surface area contributed by atoms with E-state index in [1.807, 2.05) is 0 Å². The molecule has 9 heavy (non-hydrogen) atoms. The molecule has 2 N–H and O–H groups in total. The molecular weight excluding hydrogens is 128 g/mol. The minimum Gasteiger partial charge on any atom is -0.374 e. The summed E-state index contributed by atoms with van der Waals surface area (Å²) in [5.41, 5.74) is 3.57. The van der Waals surface area contributed by atoms with E-state index in [0.717, 1.165) is 6.67 Å². The Morgan fingerprint density at radius 1 is 1.56 bits per heavy atom. The highest BCUT2D eigenvalue weighted by molar-refractivity contribution is 6.59. The normalized spacial score (nSPS) is 21.3. The van der Waals surface area contributed by atoms with Crippen LogP contribution in [0.2, 0.25) is 0 Å². The Balaban J connectivity index is 2.38. The highest BCUT2D eigenvalue weighted by atomic mass is 28.2. The van der Waals surface area contributed by atoms with Gasteiger partial charge in [0.25, 0.3) is 0 Å². The van der Waals surface area contributed by atoms with E-state index in [0.29, 0.717) is 9.13 Å². The zero-order valence-corrected chi connectivity index (χ0v) is 6.17. The molecule has 0 bridgehead atoms. The van der Waals surface area contributed by atoms with Crippen LogP contribution in [0.15, 0.2) is 23.2 Å². The largest absolute Gasteiger partial charge is 0.374 e. The van der Waals surface area contributed by atoms with Crippen molar-refractivity contribution in [3.8, 4) is 0 Å². The van der Waals surface area contributed by atoms with Crippen molar-refractivity contribution in [3.05, 3.63) is 23.2 Å². The first kappa shape index (κ1) is 4.99. The van der Waals surface area contributed by atoms with Crippen molar-refractivity contribution in [1.82, 2.24) is 10.6 Å². The molecular formula is C6H8N2Si. The molecule has 0 unspecified atom stereocenters. The average molecular weight is 136 g/mol. The summed E-state index contributed by atoms with van der Waals surface area (Å²) < 4.78 is 0. The molecule has 2 nitrogen and oxygen atoms in total. The molecule has 2 rings (SSSR count). The van der Waals surface area contributed by atoms with Crippen molar-refractivity contribution in [2.24, 2.45) is 0 Å². The summed E-state index contributed by atoms with van der Waals surface area (Å²) >= 11 is 0. The van der Waals surface area contributed by atoms with E-state index in [4.69, 9.17) is 0 Å². The van der Waals surface area contributed by atoms with Gasteiger partial charge in [-0.1, -0.05) is 5.67 Å². The number of rotatable bonds is 0. The third kappa shape index (κ3) is 0.732. The molecule has 0 spiro atoms. The average Bonchev–Trinajstić information content (AvgIpc) is 2.33. The van der Waals surface area contributed by atoms with Crippen molar-refractivity contribution < 1.29 is 0 Å². The lowest BCUT2D eigenvalue weighted by Crippen LogP contribution is -2.30. The highest BCUT2D eigenvalue weighted by Gasteiger charge is 2.07. The zero-order chi connectivity index (χ0) is 6.10.